The molecule has 0 saturated carbocycles. The lowest BCUT2D eigenvalue weighted by molar-refractivity contribution is -0.128. The Kier molecular flexibility index (Phi) is 4.71. The highest BCUT2D eigenvalue weighted by molar-refractivity contribution is 6.30. The van der Waals surface area contributed by atoms with E-state index in [2.05, 4.69) is 0 Å². The standard InChI is InChI=1S/C16H22ClNO2/c1-3-16(4-2,10-18)14(19)9-12-8-13(17)7-11-5-6-20-15(11)12/h7-8H,3-6,9-10,18H2,1-2H3. The van der Waals surface area contributed by atoms with E-state index >= 15 is 0 Å². The first kappa shape index (κ1) is 15.3. The van der Waals surface area contributed by atoms with E-state index < -0.39 is 5.41 Å². The number of Topliss-reactive ketones (excluding diaryl/α,β-unsaturated/α-hetero) is 1. The number of carbonyl (C=O) groups excluding carboxylic acids is 1. The predicted octanol–water partition coefficient (Wildman–Crippen LogP) is 3.15. The summed E-state index contributed by atoms with van der Waals surface area (Å²) < 4.78 is 5.66. The van der Waals surface area contributed by atoms with E-state index in [1.807, 2.05) is 26.0 Å². The van der Waals surface area contributed by atoms with E-state index in [0.717, 1.165) is 36.1 Å². The lowest BCUT2D eigenvalue weighted by Gasteiger charge is -2.28. The second kappa shape index (κ2) is 6.15. The van der Waals surface area contributed by atoms with E-state index in [9.17, 15) is 4.79 Å². The normalized spacial score (nSPS) is 14.0. The lowest BCUT2D eigenvalue weighted by Crippen LogP contribution is -2.38. The van der Waals surface area contributed by atoms with Crippen LogP contribution in [-0.2, 0) is 17.6 Å². The first-order valence-corrected chi connectivity index (χ1v) is 7.61. The highest BCUT2D eigenvalue weighted by Gasteiger charge is 2.33. The van der Waals surface area contributed by atoms with Crippen LogP contribution >= 0.6 is 11.6 Å². The third-order valence-corrected chi connectivity index (χ3v) is 4.73. The van der Waals surface area contributed by atoms with Gasteiger partial charge >= 0.3 is 0 Å². The minimum absolute atomic E-state index is 0.185. The largest absolute Gasteiger partial charge is 0.493 e. The van der Waals surface area contributed by atoms with Crippen LogP contribution in [0.1, 0.15) is 37.8 Å². The van der Waals surface area contributed by atoms with Gasteiger partial charge in [-0.2, -0.15) is 0 Å². The van der Waals surface area contributed by atoms with Crippen LogP contribution in [-0.4, -0.2) is 18.9 Å². The summed E-state index contributed by atoms with van der Waals surface area (Å²) in [7, 11) is 0. The Labute approximate surface area is 125 Å². The van der Waals surface area contributed by atoms with Gasteiger partial charge in [-0.25, -0.2) is 0 Å². The van der Waals surface area contributed by atoms with Crippen molar-refractivity contribution in [2.45, 2.75) is 39.5 Å². The molecule has 0 fully saturated rings. The highest BCUT2D eigenvalue weighted by atomic mass is 35.5. The Morgan fingerprint density at radius 1 is 1.40 bits per heavy atom. The zero-order chi connectivity index (χ0) is 14.8. The third kappa shape index (κ3) is 2.70. The van der Waals surface area contributed by atoms with Gasteiger partial charge in [0.1, 0.15) is 11.5 Å². The number of hydrogen-bond acceptors (Lipinski definition) is 3. The SMILES string of the molecule is CCC(CC)(CN)C(=O)Cc1cc(Cl)cc2c1OCC2. The molecule has 1 aliphatic rings. The van der Waals surface area contributed by atoms with E-state index in [1.165, 1.54) is 0 Å². The molecule has 0 saturated heterocycles. The molecule has 1 aromatic rings. The molecular weight excluding hydrogens is 274 g/mol. The van der Waals surface area contributed by atoms with Crippen molar-refractivity contribution < 1.29 is 9.53 Å². The van der Waals surface area contributed by atoms with Crippen LogP contribution in [0.3, 0.4) is 0 Å². The summed E-state index contributed by atoms with van der Waals surface area (Å²) in [6, 6.07) is 3.77. The fourth-order valence-electron chi connectivity index (χ4n) is 2.88. The van der Waals surface area contributed by atoms with Gasteiger partial charge in [-0.1, -0.05) is 25.4 Å². The zero-order valence-corrected chi connectivity index (χ0v) is 12.9. The van der Waals surface area contributed by atoms with Crippen LogP contribution in [0.15, 0.2) is 12.1 Å². The Balaban J connectivity index is 2.28. The van der Waals surface area contributed by atoms with Gasteiger partial charge in [0.05, 0.1) is 6.61 Å². The van der Waals surface area contributed by atoms with E-state index in [0.29, 0.717) is 24.6 Å². The van der Waals surface area contributed by atoms with E-state index in [4.69, 9.17) is 22.1 Å². The smallest absolute Gasteiger partial charge is 0.144 e. The molecule has 0 radical (unpaired) electrons. The van der Waals surface area contributed by atoms with Crippen molar-refractivity contribution in [1.29, 1.82) is 0 Å². The maximum absolute atomic E-state index is 12.7. The molecule has 0 aromatic heterocycles. The van der Waals surface area contributed by atoms with Gasteiger partial charge in [-0.15, -0.1) is 0 Å². The number of benzene rings is 1. The summed E-state index contributed by atoms with van der Waals surface area (Å²) in [6.07, 6.45) is 2.74. The molecule has 0 spiro atoms. The number of nitrogens with two attached hydrogens (primary N) is 1. The Hall–Kier alpha value is -1.06. The van der Waals surface area contributed by atoms with Gasteiger partial charge in [-0.05, 0) is 30.5 Å². The number of hydrogen-bond donors (Lipinski definition) is 1. The molecule has 0 unspecified atom stereocenters. The summed E-state index contributed by atoms with van der Waals surface area (Å²) in [5.74, 6) is 1.03. The van der Waals surface area contributed by atoms with Crippen molar-refractivity contribution >= 4 is 17.4 Å². The van der Waals surface area contributed by atoms with Crippen LogP contribution in [0.4, 0.5) is 0 Å². The minimum Gasteiger partial charge on any atom is -0.493 e. The van der Waals surface area contributed by atoms with Gasteiger partial charge in [0.15, 0.2) is 0 Å². The number of ketones is 1. The quantitative estimate of drug-likeness (QED) is 0.877. The van der Waals surface area contributed by atoms with Crippen molar-refractivity contribution in [3.63, 3.8) is 0 Å². The Morgan fingerprint density at radius 3 is 2.70 bits per heavy atom. The minimum atomic E-state index is -0.423. The number of ether oxygens (including phenoxy) is 1. The highest BCUT2D eigenvalue weighted by Crippen LogP contribution is 2.35. The molecule has 2 N–H and O–H groups in total. The van der Waals surface area contributed by atoms with Crippen molar-refractivity contribution in [1.82, 2.24) is 0 Å². The van der Waals surface area contributed by atoms with Gasteiger partial charge in [0.25, 0.3) is 0 Å². The van der Waals surface area contributed by atoms with Crippen LogP contribution in [0.2, 0.25) is 5.02 Å². The fraction of sp³-hybridized carbons (Fsp3) is 0.562. The average Bonchev–Trinajstić information content (AvgIpc) is 2.89. The second-order valence-electron chi connectivity index (χ2n) is 5.44. The zero-order valence-electron chi connectivity index (χ0n) is 12.2. The third-order valence-electron chi connectivity index (χ3n) is 4.51. The first-order chi connectivity index (χ1) is 9.56. The summed E-state index contributed by atoms with van der Waals surface area (Å²) in [5, 5.41) is 0.670. The number of fused-ring (bicyclic) bond motifs is 1. The molecule has 0 amide bonds. The molecule has 4 heteroatoms. The molecule has 20 heavy (non-hydrogen) atoms. The van der Waals surface area contributed by atoms with Gasteiger partial charge < -0.3 is 10.5 Å². The van der Waals surface area contributed by atoms with Crippen molar-refractivity contribution in [2.75, 3.05) is 13.2 Å². The summed E-state index contributed by atoms with van der Waals surface area (Å²) in [5.41, 5.74) is 7.43. The maximum Gasteiger partial charge on any atom is 0.144 e. The van der Waals surface area contributed by atoms with Crippen LogP contribution in [0.25, 0.3) is 0 Å². The average molecular weight is 296 g/mol. The first-order valence-electron chi connectivity index (χ1n) is 7.23. The number of carbonyl (C=O) groups is 1. The van der Waals surface area contributed by atoms with Crippen molar-refractivity contribution in [3.05, 3.63) is 28.3 Å². The van der Waals surface area contributed by atoms with Gasteiger partial charge in [0.2, 0.25) is 0 Å². The summed E-state index contributed by atoms with van der Waals surface area (Å²) in [6.45, 7) is 5.10. The van der Waals surface area contributed by atoms with Crippen molar-refractivity contribution in [2.24, 2.45) is 11.1 Å². The van der Waals surface area contributed by atoms with Crippen molar-refractivity contribution in [3.8, 4) is 5.75 Å². The molecule has 1 aliphatic heterocycles. The number of rotatable bonds is 6. The molecule has 1 heterocycles. The molecular formula is C16H22ClNO2. The molecule has 0 bridgehead atoms. The summed E-state index contributed by atoms with van der Waals surface area (Å²) in [4.78, 5) is 12.7. The van der Waals surface area contributed by atoms with E-state index in [-0.39, 0.29) is 5.78 Å². The Morgan fingerprint density at radius 2 is 2.10 bits per heavy atom. The van der Waals surface area contributed by atoms with Crippen LogP contribution in [0.5, 0.6) is 5.75 Å². The lowest BCUT2D eigenvalue weighted by atomic mass is 9.76. The van der Waals surface area contributed by atoms with Gasteiger partial charge in [0, 0.05) is 35.4 Å². The molecule has 3 nitrogen and oxygen atoms in total. The topological polar surface area (TPSA) is 52.3 Å². The molecule has 110 valence electrons. The number of halogens is 1. The fourth-order valence-corrected chi connectivity index (χ4v) is 3.15. The monoisotopic (exact) mass is 295 g/mol. The molecule has 0 aliphatic carbocycles. The van der Waals surface area contributed by atoms with Crippen LogP contribution < -0.4 is 10.5 Å². The molecule has 1 aromatic carbocycles. The molecule has 0 atom stereocenters. The van der Waals surface area contributed by atoms with Gasteiger partial charge in [-0.3, -0.25) is 4.79 Å². The summed E-state index contributed by atoms with van der Waals surface area (Å²) >= 11 is 6.14. The van der Waals surface area contributed by atoms with Crippen LogP contribution in [0, 0.1) is 5.41 Å². The maximum atomic E-state index is 12.7. The van der Waals surface area contributed by atoms with E-state index in [1.54, 1.807) is 0 Å². The Bertz CT molecular complexity index is 501. The second-order valence-corrected chi connectivity index (χ2v) is 5.88. The predicted molar refractivity (Wildman–Crippen MR) is 81.4 cm³/mol. The molecule has 2 rings (SSSR count).